The van der Waals surface area contributed by atoms with Crippen molar-refractivity contribution in [3.8, 4) is 0 Å². The fourth-order valence-electron chi connectivity index (χ4n) is 3.83. The summed E-state index contributed by atoms with van der Waals surface area (Å²) in [5.41, 5.74) is 6.09. The molecule has 2 N–H and O–H groups in total. The summed E-state index contributed by atoms with van der Waals surface area (Å²) in [4.78, 5) is 14.9. The molecule has 1 saturated heterocycles. The Bertz CT molecular complexity index is 309. The van der Waals surface area contributed by atoms with Crippen molar-refractivity contribution in [1.82, 2.24) is 4.90 Å². The number of likely N-dealkylation sites (tertiary alicyclic amines) is 1. The Kier molecular flexibility index (Phi) is 5.69. The van der Waals surface area contributed by atoms with Crippen molar-refractivity contribution in [2.24, 2.45) is 16.6 Å². The van der Waals surface area contributed by atoms with Gasteiger partial charge in [-0.25, -0.2) is 0 Å². The second kappa shape index (κ2) is 6.45. The van der Waals surface area contributed by atoms with E-state index in [1.165, 1.54) is 32.1 Å². The van der Waals surface area contributed by atoms with Crippen molar-refractivity contribution >= 4 is 18.3 Å². The van der Waals surface area contributed by atoms with Gasteiger partial charge in [0.1, 0.15) is 0 Å². The van der Waals surface area contributed by atoms with Crippen LogP contribution in [0.2, 0.25) is 0 Å². The van der Waals surface area contributed by atoms with Crippen LogP contribution in [-0.4, -0.2) is 30.4 Å². The third-order valence-electron chi connectivity index (χ3n) is 5.63. The summed E-state index contributed by atoms with van der Waals surface area (Å²) in [6.45, 7) is 6.95. The Morgan fingerprint density at radius 2 is 1.74 bits per heavy atom. The van der Waals surface area contributed by atoms with Crippen molar-refractivity contribution < 1.29 is 4.79 Å². The van der Waals surface area contributed by atoms with Gasteiger partial charge in [-0.15, -0.1) is 12.4 Å². The second-order valence-electron chi connectivity index (χ2n) is 6.38. The van der Waals surface area contributed by atoms with Crippen LogP contribution >= 0.6 is 12.4 Å². The third-order valence-corrected chi connectivity index (χ3v) is 5.63. The molecule has 19 heavy (non-hydrogen) atoms. The third kappa shape index (κ3) is 2.92. The number of hydrogen-bond donors (Lipinski definition) is 1. The highest BCUT2D eigenvalue weighted by Gasteiger charge is 2.46. The number of nitrogens with zero attached hydrogens (tertiary/aromatic N) is 1. The first-order valence-electron chi connectivity index (χ1n) is 7.61. The van der Waals surface area contributed by atoms with E-state index in [-0.39, 0.29) is 17.8 Å². The topological polar surface area (TPSA) is 46.3 Å². The molecule has 4 heteroatoms. The van der Waals surface area contributed by atoms with Crippen LogP contribution < -0.4 is 5.73 Å². The maximum atomic E-state index is 12.8. The SMILES string of the molecule is CCC1(CC)CCN(C(=O)C2(CN)CCCC2)C1.Cl. The first-order valence-corrected chi connectivity index (χ1v) is 7.61. The number of nitrogens with two attached hydrogens (primary N) is 1. The zero-order chi connectivity index (χ0) is 13.2. The van der Waals surface area contributed by atoms with Gasteiger partial charge in [0, 0.05) is 19.6 Å². The van der Waals surface area contributed by atoms with E-state index in [0.717, 1.165) is 25.9 Å². The lowest BCUT2D eigenvalue weighted by molar-refractivity contribution is -0.140. The van der Waals surface area contributed by atoms with E-state index in [0.29, 0.717) is 17.9 Å². The normalized spacial score (nSPS) is 24.3. The van der Waals surface area contributed by atoms with Crippen LogP contribution in [0.25, 0.3) is 0 Å². The first-order chi connectivity index (χ1) is 8.61. The number of carbonyl (C=O) groups is 1. The van der Waals surface area contributed by atoms with E-state index < -0.39 is 0 Å². The van der Waals surface area contributed by atoms with Crippen LogP contribution in [0.15, 0.2) is 0 Å². The summed E-state index contributed by atoms with van der Waals surface area (Å²) in [5, 5.41) is 0. The largest absolute Gasteiger partial charge is 0.342 e. The van der Waals surface area contributed by atoms with Crippen LogP contribution in [0, 0.1) is 10.8 Å². The van der Waals surface area contributed by atoms with Crippen LogP contribution in [0.3, 0.4) is 0 Å². The van der Waals surface area contributed by atoms with Crippen molar-refractivity contribution in [3.05, 3.63) is 0 Å². The fourth-order valence-corrected chi connectivity index (χ4v) is 3.83. The first kappa shape index (κ1) is 16.8. The number of halogens is 1. The fraction of sp³-hybridized carbons (Fsp3) is 0.933. The van der Waals surface area contributed by atoms with Gasteiger partial charge in [-0.1, -0.05) is 26.7 Å². The molecule has 3 nitrogen and oxygen atoms in total. The van der Waals surface area contributed by atoms with Gasteiger partial charge in [0.15, 0.2) is 0 Å². The lowest BCUT2D eigenvalue weighted by atomic mass is 9.81. The van der Waals surface area contributed by atoms with E-state index in [9.17, 15) is 4.79 Å². The number of hydrogen-bond acceptors (Lipinski definition) is 2. The summed E-state index contributed by atoms with van der Waals surface area (Å²) in [6.07, 6.45) is 7.89. The van der Waals surface area contributed by atoms with Crippen LogP contribution in [0.1, 0.15) is 58.8 Å². The molecule has 112 valence electrons. The predicted octanol–water partition coefficient (Wildman–Crippen LogP) is 2.97. The summed E-state index contributed by atoms with van der Waals surface area (Å²) in [6, 6.07) is 0. The molecule has 2 rings (SSSR count). The minimum Gasteiger partial charge on any atom is -0.342 e. The van der Waals surface area contributed by atoms with Crippen molar-refractivity contribution in [3.63, 3.8) is 0 Å². The highest BCUT2D eigenvalue weighted by Crippen LogP contribution is 2.43. The summed E-state index contributed by atoms with van der Waals surface area (Å²) >= 11 is 0. The second-order valence-corrected chi connectivity index (χ2v) is 6.38. The van der Waals surface area contributed by atoms with E-state index in [4.69, 9.17) is 5.73 Å². The number of rotatable bonds is 4. The minimum absolute atomic E-state index is 0. The van der Waals surface area contributed by atoms with Gasteiger partial charge >= 0.3 is 0 Å². The predicted molar refractivity (Wildman–Crippen MR) is 81.4 cm³/mol. The van der Waals surface area contributed by atoms with Crippen molar-refractivity contribution in [1.29, 1.82) is 0 Å². The van der Waals surface area contributed by atoms with E-state index in [2.05, 4.69) is 18.7 Å². The van der Waals surface area contributed by atoms with E-state index >= 15 is 0 Å². The molecule has 1 aliphatic heterocycles. The molecule has 0 aromatic rings. The average molecular weight is 289 g/mol. The molecule has 0 unspecified atom stereocenters. The maximum absolute atomic E-state index is 12.8. The lowest BCUT2D eigenvalue weighted by Crippen LogP contribution is -2.46. The summed E-state index contributed by atoms with van der Waals surface area (Å²) in [7, 11) is 0. The molecular formula is C15H29ClN2O. The highest BCUT2D eigenvalue weighted by molar-refractivity contribution is 5.85. The summed E-state index contributed by atoms with van der Waals surface area (Å²) < 4.78 is 0. The van der Waals surface area contributed by atoms with Crippen LogP contribution in [0.5, 0.6) is 0 Å². The highest BCUT2D eigenvalue weighted by atomic mass is 35.5. The van der Waals surface area contributed by atoms with E-state index in [1.54, 1.807) is 0 Å². The number of carbonyl (C=O) groups excluding carboxylic acids is 1. The molecule has 2 fully saturated rings. The Morgan fingerprint density at radius 3 is 2.16 bits per heavy atom. The van der Waals surface area contributed by atoms with E-state index in [1.807, 2.05) is 0 Å². The molecule has 1 heterocycles. The molecule has 0 aromatic carbocycles. The van der Waals surface area contributed by atoms with Crippen molar-refractivity contribution in [2.45, 2.75) is 58.8 Å². The van der Waals surface area contributed by atoms with Gasteiger partial charge in [-0.2, -0.15) is 0 Å². The molecule has 0 bridgehead atoms. The Balaban J connectivity index is 0.00000180. The molecular weight excluding hydrogens is 260 g/mol. The van der Waals surface area contributed by atoms with Gasteiger partial charge in [-0.05, 0) is 37.5 Å². The zero-order valence-corrected chi connectivity index (χ0v) is 13.2. The lowest BCUT2D eigenvalue weighted by Gasteiger charge is -2.33. The zero-order valence-electron chi connectivity index (χ0n) is 12.4. The quantitative estimate of drug-likeness (QED) is 0.864. The molecule has 0 aromatic heterocycles. The van der Waals surface area contributed by atoms with Gasteiger partial charge in [-0.3, -0.25) is 4.79 Å². The molecule has 1 aliphatic carbocycles. The van der Waals surface area contributed by atoms with Crippen LogP contribution in [0.4, 0.5) is 0 Å². The molecule has 1 saturated carbocycles. The summed E-state index contributed by atoms with van der Waals surface area (Å²) in [5.74, 6) is 0.353. The van der Waals surface area contributed by atoms with Gasteiger partial charge in [0.2, 0.25) is 5.91 Å². The van der Waals surface area contributed by atoms with Crippen molar-refractivity contribution in [2.75, 3.05) is 19.6 Å². The Morgan fingerprint density at radius 1 is 1.16 bits per heavy atom. The monoisotopic (exact) mass is 288 g/mol. The standard InChI is InChI=1S/C15H28N2O.ClH/c1-3-14(4-2)9-10-17(12-14)13(18)15(11-16)7-5-6-8-15;/h3-12,16H2,1-2H3;1H. The van der Waals surface area contributed by atoms with Gasteiger partial charge < -0.3 is 10.6 Å². The Labute approximate surface area is 123 Å². The molecule has 1 amide bonds. The molecule has 0 spiro atoms. The molecule has 2 aliphatic rings. The van der Waals surface area contributed by atoms with Gasteiger partial charge in [0.25, 0.3) is 0 Å². The molecule has 0 radical (unpaired) electrons. The van der Waals surface area contributed by atoms with Gasteiger partial charge in [0.05, 0.1) is 5.41 Å². The average Bonchev–Trinajstić information content (AvgIpc) is 3.06. The smallest absolute Gasteiger partial charge is 0.230 e. The Hall–Kier alpha value is -0.280. The molecule has 0 atom stereocenters. The van der Waals surface area contributed by atoms with Crippen LogP contribution in [-0.2, 0) is 4.79 Å². The minimum atomic E-state index is -0.211. The number of amides is 1. The maximum Gasteiger partial charge on any atom is 0.230 e.